The van der Waals surface area contributed by atoms with Crippen molar-refractivity contribution in [2.24, 2.45) is 0 Å². The summed E-state index contributed by atoms with van der Waals surface area (Å²) in [4.78, 5) is 12.7. The summed E-state index contributed by atoms with van der Waals surface area (Å²) in [6, 6.07) is 19.3. The molecule has 0 amide bonds. The second-order valence-corrected chi connectivity index (χ2v) is 12.3. The molecule has 1 fully saturated rings. The number of sulfone groups is 2. The molecule has 4 atom stereocenters. The van der Waals surface area contributed by atoms with E-state index in [1.165, 1.54) is 31.4 Å². The van der Waals surface area contributed by atoms with Crippen molar-refractivity contribution in [3.8, 4) is 5.75 Å². The number of esters is 1. The lowest BCUT2D eigenvalue weighted by molar-refractivity contribution is -0.142. The number of benzene rings is 3. The lowest BCUT2D eigenvalue weighted by Crippen LogP contribution is -2.47. The Kier molecular flexibility index (Phi) is 6.98. The van der Waals surface area contributed by atoms with E-state index in [9.17, 15) is 21.6 Å². The van der Waals surface area contributed by atoms with Gasteiger partial charge in [0.2, 0.25) is 0 Å². The average Bonchev–Trinajstić information content (AvgIpc) is 3.32. The topological polar surface area (TPSA) is 116 Å². The molecule has 1 aliphatic rings. The van der Waals surface area contributed by atoms with Crippen LogP contribution in [-0.4, -0.2) is 53.6 Å². The van der Waals surface area contributed by atoms with E-state index in [1.807, 2.05) is 0 Å². The first-order valence-corrected chi connectivity index (χ1v) is 13.9. The zero-order valence-corrected chi connectivity index (χ0v) is 20.7. The molecule has 0 aliphatic carbocycles. The van der Waals surface area contributed by atoms with E-state index < -0.39 is 48.2 Å². The Morgan fingerprint density at radius 1 is 0.714 bits per heavy atom. The van der Waals surface area contributed by atoms with Crippen LogP contribution in [0, 0.1) is 0 Å². The Labute approximate surface area is 204 Å². The van der Waals surface area contributed by atoms with E-state index in [4.69, 9.17) is 9.47 Å². The molecule has 8 nitrogen and oxygen atoms in total. The van der Waals surface area contributed by atoms with Crippen molar-refractivity contribution in [1.29, 1.82) is 0 Å². The number of carbonyl (C=O) groups is 1. The first kappa shape index (κ1) is 24.9. The summed E-state index contributed by atoms with van der Waals surface area (Å²) in [6.07, 6.45) is 0. The average molecular weight is 516 g/mol. The van der Waals surface area contributed by atoms with Crippen LogP contribution in [0.5, 0.6) is 5.75 Å². The smallest absolute Gasteiger partial charge is 0.324 e. The van der Waals surface area contributed by atoms with E-state index in [0.717, 1.165) is 7.11 Å². The Hall–Kier alpha value is -3.21. The van der Waals surface area contributed by atoms with Gasteiger partial charge in [-0.05, 0) is 42.0 Å². The van der Waals surface area contributed by atoms with Gasteiger partial charge in [0.05, 0.1) is 30.1 Å². The van der Waals surface area contributed by atoms with E-state index in [-0.39, 0.29) is 9.79 Å². The number of carbonyl (C=O) groups excluding carboxylic acids is 1. The van der Waals surface area contributed by atoms with E-state index in [1.54, 1.807) is 60.7 Å². The molecule has 10 heteroatoms. The zero-order valence-electron chi connectivity index (χ0n) is 19.1. The SMILES string of the molecule is COC(=O)[C@H]1N[C@@H](c2ccc(OC)cc2)[C@H](S(=O)(=O)c2ccccc2)[C@H]1S(=O)(=O)c1ccccc1. The minimum absolute atomic E-state index is 0.0379. The van der Waals surface area contributed by atoms with E-state index >= 15 is 0 Å². The second-order valence-electron chi connectivity index (χ2n) is 8.06. The summed E-state index contributed by atoms with van der Waals surface area (Å²) >= 11 is 0. The molecular weight excluding hydrogens is 490 g/mol. The first-order chi connectivity index (χ1) is 16.7. The van der Waals surface area contributed by atoms with Crippen molar-refractivity contribution in [3.63, 3.8) is 0 Å². The molecule has 3 aromatic rings. The molecular formula is C25H25NO7S2. The number of rotatable bonds is 7. The van der Waals surface area contributed by atoms with Crippen LogP contribution in [0.2, 0.25) is 0 Å². The second kappa shape index (κ2) is 9.80. The highest BCUT2D eigenvalue weighted by Crippen LogP contribution is 2.41. The van der Waals surface area contributed by atoms with E-state index in [2.05, 4.69) is 5.32 Å². The van der Waals surface area contributed by atoms with Crippen molar-refractivity contribution < 1.29 is 31.1 Å². The fourth-order valence-electron chi connectivity index (χ4n) is 4.43. The van der Waals surface area contributed by atoms with E-state index in [0.29, 0.717) is 11.3 Å². The fraction of sp³-hybridized carbons (Fsp3) is 0.240. The van der Waals surface area contributed by atoms with Crippen molar-refractivity contribution in [2.45, 2.75) is 32.4 Å². The lowest BCUT2D eigenvalue weighted by atomic mass is 10.0. The molecule has 1 aliphatic heterocycles. The van der Waals surface area contributed by atoms with Gasteiger partial charge in [-0.3, -0.25) is 10.1 Å². The van der Waals surface area contributed by atoms with Gasteiger partial charge < -0.3 is 9.47 Å². The normalized spacial score (nSPS) is 22.5. The van der Waals surface area contributed by atoms with Crippen molar-refractivity contribution in [3.05, 3.63) is 90.5 Å². The van der Waals surface area contributed by atoms with Crippen molar-refractivity contribution >= 4 is 25.6 Å². The van der Waals surface area contributed by atoms with Crippen LogP contribution in [-0.2, 0) is 29.2 Å². The van der Waals surface area contributed by atoms with Crippen LogP contribution >= 0.6 is 0 Å². The molecule has 0 aromatic heterocycles. The van der Waals surface area contributed by atoms with Gasteiger partial charge in [-0.15, -0.1) is 0 Å². The monoisotopic (exact) mass is 515 g/mol. The first-order valence-electron chi connectivity index (χ1n) is 10.8. The number of nitrogens with one attached hydrogen (secondary N) is 1. The van der Waals surface area contributed by atoms with Crippen LogP contribution < -0.4 is 10.1 Å². The molecule has 184 valence electrons. The van der Waals surface area contributed by atoms with Crippen LogP contribution in [0.15, 0.2) is 94.7 Å². The number of methoxy groups -OCH3 is 2. The van der Waals surface area contributed by atoms with Gasteiger partial charge in [-0.25, -0.2) is 16.8 Å². The van der Waals surface area contributed by atoms with Gasteiger partial charge in [0.25, 0.3) is 0 Å². The zero-order chi connectivity index (χ0) is 25.2. The number of hydrogen-bond donors (Lipinski definition) is 1. The summed E-state index contributed by atoms with van der Waals surface area (Å²) in [5.41, 5.74) is 0.495. The summed E-state index contributed by atoms with van der Waals surface area (Å²) < 4.78 is 65.9. The highest BCUT2D eigenvalue weighted by Gasteiger charge is 2.59. The number of hydrogen-bond acceptors (Lipinski definition) is 8. The third-order valence-corrected chi connectivity index (χ3v) is 10.7. The van der Waals surface area contributed by atoms with Gasteiger partial charge in [-0.2, -0.15) is 0 Å². The Bertz CT molecular complexity index is 1390. The Balaban J connectivity index is 1.96. The van der Waals surface area contributed by atoms with Crippen LogP contribution in [0.4, 0.5) is 0 Å². The number of ether oxygens (including phenoxy) is 2. The van der Waals surface area contributed by atoms with Gasteiger partial charge in [0.15, 0.2) is 19.7 Å². The standard InChI is InChI=1S/C25H25NO7S2/c1-32-18-15-13-17(14-16-18)21-23(34(28,29)19-9-5-3-6-10-19)24(22(26-21)25(27)33-2)35(30,31)20-11-7-4-8-12-20/h3-16,21-24,26H,1-2H3/t21-,22-,23-,24-/m0/s1. The highest BCUT2D eigenvalue weighted by atomic mass is 32.2. The molecule has 0 radical (unpaired) electrons. The Morgan fingerprint density at radius 3 is 1.66 bits per heavy atom. The highest BCUT2D eigenvalue weighted by molar-refractivity contribution is 7.96. The van der Waals surface area contributed by atoms with Crippen LogP contribution in [0.1, 0.15) is 11.6 Å². The van der Waals surface area contributed by atoms with Gasteiger partial charge in [-0.1, -0.05) is 48.5 Å². The molecule has 35 heavy (non-hydrogen) atoms. The molecule has 1 N–H and O–H groups in total. The van der Waals surface area contributed by atoms with Gasteiger partial charge in [0.1, 0.15) is 22.3 Å². The third kappa shape index (κ3) is 4.56. The lowest BCUT2D eigenvalue weighted by Gasteiger charge is -2.25. The third-order valence-electron chi connectivity index (χ3n) is 6.13. The van der Waals surface area contributed by atoms with Crippen molar-refractivity contribution in [2.75, 3.05) is 14.2 Å². The minimum atomic E-state index is -4.30. The fourth-order valence-corrected chi connectivity index (χ4v) is 9.18. The maximum atomic E-state index is 14.0. The van der Waals surface area contributed by atoms with Gasteiger partial charge in [0, 0.05) is 0 Å². The quantitative estimate of drug-likeness (QED) is 0.478. The predicted octanol–water partition coefficient (Wildman–Crippen LogP) is 2.57. The molecule has 0 saturated carbocycles. The maximum Gasteiger partial charge on any atom is 0.324 e. The largest absolute Gasteiger partial charge is 0.497 e. The van der Waals surface area contributed by atoms with Crippen molar-refractivity contribution in [1.82, 2.24) is 5.32 Å². The minimum Gasteiger partial charge on any atom is -0.497 e. The maximum absolute atomic E-state index is 14.0. The Morgan fingerprint density at radius 2 is 1.20 bits per heavy atom. The molecule has 0 unspecified atom stereocenters. The predicted molar refractivity (Wildman–Crippen MR) is 130 cm³/mol. The summed E-state index contributed by atoms with van der Waals surface area (Å²) in [7, 11) is -5.91. The summed E-state index contributed by atoms with van der Waals surface area (Å²) in [6.45, 7) is 0. The van der Waals surface area contributed by atoms with Crippen LogP contribution in [0.25, 0.3) is 0 Å². The van der Waals surface area contributed by atoms with Crippen LogP contribution in [0.3, 0.4) is 0 Å². The molecule has 0 spiro atoms. The molecule has 4 rings (SSSR count). The van der Waals surface area contributed by atoms with Gasteiger partial charge >= 0.3 is 5.97 Å². The summed E-state index contributed by atoms with van der Waals surface area (Å²) in [5.74, 6) is -0.314. The molecule has 3 aromatic carbocycles. The molecule has 1 saturated heterocycles. The molecule has 0 bridgehead atoms. The molecule has 1 heterocycles. The summed E-state index contributed by atoms with van der Waals surface area (Å²) in [5, 5.41) is -0.191.